The Balaban J connectivity index is 5.23. The lowest BCUT2D eigenvalue weighted by Crippen LogP contribution is -2.46. The second kappa shape index (κ2) is 9.06. The van der Waals surface area contributed by atoms with Crippen LogP contribution in [0.15, 0.2) is 0 Å². The number of rotatable bonds is 9. The van der Waals surface area contributed by atoms with Crippen LogP contribution in [0.4, 0.5) is 0 Å². The predicted octanol–water partition coefficient (Wildman–Crippen LogP) is 3.83. The maximum atomic E-state index is 12.6. The SMILES string of the molecule is CCCC(C(=O)OCC(C)C)(C(=O)OCC(C)C)C(C)C. The van der Waals surface area contributed by atoms with Gasteiger partial charge in [0.05, 0.1) is 13.2 Å². The maximum absolute atomic E-state index is 12.6. The van der Waals surface area contributed by atoms with Gasteiger partial charge < -0.3 is 9.47 Å². The maximum Gasteiger partial charge on any atom is 0.323 e. The van der Waals surface area contributed by atoms with Gasteiger partial charge in [-0.2, -0.15) is 0 Å². The molecular weight excluding hydrogens is 268 g/mol. The van der Waals surface area contributed by atoms with Crippen LogP contribution in [-0.4, -0.2) is 25.2 Å². The fourth-order valence-corrected chi connectivity index (χ4v) is 2.18. The number of ether oxygens (including phenoxy) is 2. The van der Waals surface area contributed by atoms with Gasteiger partial charge in [-0.25, -0.2) is 0 Å². The predicted molar refractivity (Wildman–Crippen MR) is 83.8 cm³/mol. The molecule has 0 spiro atoms. The van der Waals surface area contributed by atoms with E-state index in [0.717, 1.165) is 6.42 Å². The van der Waals surface area contributed by atoms with Crippen LogP contribution < -0.4 is 0 Å². The third-order valence-electron chi connectivity index (χ3n) is 3.45. The minimum Gasteiger partial charge on any atom is -0.465 e. The van der Waals surface area contributed by atoms with Crippen molar-refractivity contribution in [3.05, 3.63) is 0 Å². The van der Waals surface area contributed by atoms with Crippen molar-refractivity contribution >= 4 is 11.9 Å². The van der Waals surface area contributed by atoms with Crippen LogP contribution in [0.5, 0.6) is 0 Å². The summed E-state index contributed by atoms with van der Waals surface area (Å²) in [5.74, 6) is -0.556. The Bertz CT molecular complexity index is 308. The van der Waals surface area contributed by atoms with Crippen molar-refractivity contribution in [1.82, 2.24) is 0 Å². The van der Waals surface area contributed by atoms with Crippen LogP contribution in [0.1, 0.15) is 61.3 Å². The Labute approximate surface area is 129 Å². The summed E-state index contributed by atoms with van der Waals surface area (Å²) in [4.78, 5) is 25.1. The van der Waals surface area contributed by atoms with Gasteiger partial charge in [0.2, 0.25) is 0 Å². The Morgan fingerprint density at radius 3 is 1.48 bits per heavy atom. The molecule has 21 heavy (non-hydrogen) atoms. The Kier molecular flexibility index (Phi) is 8.60. The normalized spacial score (nSPS) is 12.1. The summed E-state index contributed by atoms with van der Waals surface area (Å²) in [6.07, 6.45) is 1.18. The summed E-state index contributed by atoms with van der Waals surface area (Å²) in [5.41, 5.74) is -1.18. The highest BCUT2D eigenvalue weighted by atomic mass is 16.6. The Morgan fingerprint density at radius 1 is 0.857 bits per heavy atom. The molecular formula is C17H32O4. The highest BCUT2D eigenvalue weighted by molar-refractivity contribution is 6.00. The van der Waals surface area contributed by atoms with E-state index in [0.29, 0.717) is 19.6 Å². The standard InChI is InChI=1S/C17H32O4/c1-8-9-17(14(6)7,15(18)20-10-12(2)3)16(19)21-11-13(4)5/h12-14H,8-11H2,1-7H3. The third kappa shape index (κ3) is 5.68. The van der Waals surface area contributed by atoms with E-state index in [1.165, 1.54) is 0 Å². The van der Waals surface area contributed by atoms with E-state index in [-0.39, 0.29) is 17.8 Å². The molecule has 0 fully saturated rings. The molecule has 0 radical (unpaired) electrons. The van der Waals surface area contributed by atoms with Crippen molar-refractivity contribution in [2.45, 2.75) is 61.3 Å². The van der Waals surface area contributed by atoms with Gasteiger partial charge in [-0.15, -0.1) is 0 Å². The molecule has 0 bridgehead atoms. The summed E-state index contributed by atoms with van der Waals surface area (Å²) in [6.45, 7) is 14.3. The van der Waals surface area contributed by atoms with Crippen molar-refractivity contribution in [3.63, 3.8) is 0 Å². The quantitative estimate of drug-likeness (QED) is 0.480. The molecule has 0 aliphatic carbocycles. The van der Waals surface area contributed by atoms with Crippen molar-refractivity contribution in [2.75, 3.05) is 13.2 Å². The fraction of sp³-hybridized carbons (Fsp3) is 0.882. The van der Waals surface area contributed by atoms with E-state index in [2.05, 4.69) is 0 Å². The molecule has 4 nitrogen and oxygen atoms in total. The van der Waals surface area contributed by atoms with Gasteiger partial charge in [-0.3, -0.25) is 9.59 Å². The summed E-state index contributed by atoms with van der Waals surface area (Å²) >= 11 is 0. The minimum atomic E-state index is -1.18. The number of carbonyl (C=O) groups excluding carboxylic acids is 2. The third-order valence-corrected chi connectivity index (χ3v) is 3.45. The zero-order valence-corrected chi connectivity index (χ0v) is 14.7. The van der Waals surface area contributed by atoms with E-state index < -0.39 is 17.4 Å². The second-order valence-corrected chi connectivity index (χ2v) is 6.86. The van der Waals surface area contributed by atoms with Crippen LogP contribution in [-0.2, 0) is 19.1 Å². The second-order valence-electron chi connectivity index (χ2n) is 6.86. The highest BCUT2D eigenvalue weighted by Crippen LogP contribution is 2.36. The molecule has 0 saturated carbocycles. The molecule has 0 heterocycles. The Morgan fingerprint density at radius 2 is 1.24 bits per heavy atom. The van der Waals surface area contributed by atoms with Crippen LogP contribution in [0.2, 0.25) is 0 Å². The monoisotopic (exact) mass is 300 g/mol. The summed E-state index contributed by atoms with van der Waals surface area (Å²) in [5, 5.41) is 0. The summed E-state index contributed by atoms with van der Waals surface area (Å²) in [7, 11) is 0. The first-order valence-corrected chi connectivity index (χ1v) is 8.02. The van der Waals surface area contributed by atoms with Gasteiger partial charge >= 0.3 is 11.9 Å². The average Bonchev–Trinajstić information content (AvgIpc) is 2.38. The number of carbonyl (C=O) groups is 2. The van der Waals surface area contributed by atoms with E-state index in [4.69, 9.17) is 9.47 Å². The molecule has 0 atom stereocenters. The molecule has 0 aromatic rings. The average molecular weight is 300 g/mol. The lowest BCUT2D eigenvalue weighted by Gasteiger charge is -2.33. The van der Waals surface area contributed by atoms with E-state index in [1.54, 1.807) is 0 Å². The number of esters is 2. The number of hydrogen-bond donors (Lipinski definition) is 0. The van der Waals surface area contributed by atoms with Gasteiger partial charge in [-0.1, -0.05) is 54.9 Å². The summed E-state index contributed by atoms with van der Waals surface area (Å²) in [6, 6.07) is 0. The van der Waals surface area contributed by atoms with E-state index >= 15 is 0 Å². The smallest absolute Gasteiger partial charge is 0.323 e. The minimum absolute atomic E-state index is 0.156. The fourth-order valence-electron chi connectivity index (χ4n) is 2.18. The van der Waals surface area contributed by atoms with Crippen molar-refractivity contribution in [1.29, 1.82) is 0 Å². The van der Waals surface area contributed by atoms with E-state index in [1.807, 2.05) is 48.5 Å². The first-order valence-electron chi connectivity index (χ1n) is 8.02. The zero-order valence-electron chi connectivity index (χ0n) is 14.7. The van der Waals surface area contributed by atoms with Crippen LogP contribution in [0.3, 0.4) is 0 Å². The molecule has 0 aromatic heterocycles. The van der Waals surface area contributed by atoms with Crippen molar-refractivity contribution in [3.8, 4) is 0 Å². The van der Waals surface area contributed by atoms with Gasteiger partial charge in [0, 0.05) is 0 Å². The molecule has 0 saturated heterocycles. The van der Waals surface area contributed by atoms with Crippen molar-refractivity contribution in [2.24, 2.45) is 23.2 Å². The Hall–Kier alpha value is -1.06. The van der Waals surface area contributed by atoms with E-state index in [9.17, 15) is 9.59 Å². The molecule has 0 rings (SSSR count). The zero-order chi connectivity index (χ0) is 16.6. The molecule has 0 aliphatic heterocycles. The van der Waals surface area contributed by atoms with Gasteiger partial charge in [0.1, 0.15) is 0 Å². The molecule has 124 valence electrons. The van der Waals surface area contributed by atoms with Crippen LogP contribution in [0, 0.1) is 23.2 Å². The highest BCUT2D eigenvalue weighted by Gasteiger charge is 2.50. The molecule has 0 unspecified atom stereocenters. The molecule has 4 heteroatoms. The lowest BCUT2D eigenvalue weighted by molar-refractivity contribution is -0.178. The van der Waals surface area contributed by atoms with Crippen LogP contribution >= 0.6 is 0 Å². The van der Waals surface area contributed by atoms with Gasteiger partial charge in [-0.05, 0) is 24.2 Å². The number of hydrogen-bond acceptors (Lipinski definition) is 4. The molecule has 0 amide bonds. The molecule has 0 N–H and O–H groups in total. The van der Waals surface area contributed by atoms with Gasteiger partial charge in [0.25, 0.3) is 0 Å². The molecule has 0 aromatic carbocycles. The van der Waals surface area contributed by atoms with Gasteiger partial charge in [0.15, 0.2) is 5.41 Å². The lowest BCUT2D eigenvalue weighted by atomic mass is 9.73. The topological polar surface area (TPSA) is 52.6 Å². The first kappa shape index (κ1) is 19.9. The van der Waals surface area contributed by atoms with Crippen LogP contribution in [0.25, 0.3) is 0 Å². The summed E-state index contributed by atoms with van der Waals surface area (Å²) < 4.78 is 10.7. The molecule has 0 aliphatic rings. The largest absolute Gasteiger partial charge is 0.465 e. The van der Waals surface area contributed by atoms with Crippen molar-refractivity contribution < 1.29 is 19.1 Å². The first-order chi connectivity index (χ1) is 9.68.